The number of hydrogen-bond donors (Lipinski definition) is 1. The van der Waals surface area contributed by atoms with Crippen molar-refractivity contribution in [3.63, 3.8) is 0 Å². The average molecular weight is 486 g/mol. The molecule has 0 saturated heterocycles. The smallest absolute Gasteiger partial charge is 0.257 e. The second-order valence-corrected chi connectivity index (χ2v) is 8.89. The van der Waals surface area contributed by atoms with Gasteiger partial charge in [0.05, 0.1) is 22.7 Å². The summed E-state index contributed by atoms with van der Waals surface area (Å²) < 4.78 is -1.43. The number of nitriles is 2. The van der Waals surface area contributed by atoms with E-state index in [-0.39, 0.29) is 4.83 Å². The molecule has 1 amide bonds. The van der Waals surface area contributed by atoms with Crippen molar-refractivity contribution < 1.29 is 4.79 Å². The number of alkyl halides is 3. The van der Waals surface area contributed by atoms with Crippen LogP contribution in [0.25, 0.3) is 0 Å². The van der Waals surface area contributed by atoms with E-state index in [1.807, 2.05) is 6.07 Å². The number of carbonyl (C=O) groups excluding carboxylic acids is 1. The van der Waals surface area contributed by atoms with Gasteiger partial charge in [-0.3, -0.25) is 4.79 Å². The van der Waals surface area contributed by atoms with Gasteiger partial charge in [-0.25, -0.2) is 0 Å². The molecule has 1 heterocycles. The minimum absolute atomic E-state index is 0.228. The van der Waals surface area contributed by atoms with Crippen molar-refractivity contribution in [2.24, 2.45) is 5.41 Å². The number of hydrogen-bond acceptors (Lipinski definition) is 4. The molecule has 1 aliphatic heterocycles. The lowest BCUT2D eigenvalue weighted by Crippen LogP contribution is -2.55. The van der Waals surface area contributed by atoms with Gasteiger partial charge in [-0.15, -0.1) is 11.8 Å². The highest BCUT2D eigenvalue weighted by Gasteiger charge is 2.56. The predicted octanol–water partition coefficient (Wildman–Crippen LogP) is 3.43. The molecule has 108 valence electrons. The number of rotatable bonds is 4. The lowest BCUT2D eigenvalue weighted by molar-refractivity contribution is -0.123. The van der Waals surface area contributed by atoms with Gasteiger partial charge < -0.3 is 5.32 Å². The van der Waals surface area contributed by atoms with Crippen molar-refractivity contribution >= 4 is 65.5 Å². The Labute approximate surface area is 147 Å². The van der Waals surface area contributed by atoms with Crippen LogP contribution in [0.5, 0.6) is 0 Å². The van der Waals surface area contributed by atoms with Crippen LogP contribution >= 0.6 is 59.6 Å². The van der Waals surface area contributed by atoms with Gasteiger partial charge in [-0.05, 0) is 0 Å². The number of carbonyl (C=O) groups is 1. The molecule has 0 bridgehead atoms. The summed E-state index contributed by atoms with van der Waals surface area (Å²) in [6, 6.07) is 4.11. The Morgan fingerprint density at radius 3 is 2.50 bits per heavy atom. The maximum Gasteiger partial charge on any atom is 0.257 e. The molecule has 0 aliphatic carbocycles. The van der Waals surface area contributed by atoms with Crippen molar-refractivity contribution in [1.82, 2.24) is 5.32 Å². The van der Waals surface area contributed by atoms with E-state index in [0.29, 0.717) is 16.4 Å². The summed E-state index contributed by atoms with van der Waals surface area (Å²) in [4.78, 5) is 12.4. The standard InChI is InChI=1S/C12H12Br3N3OS/c1-11(2)8(4-16)9(20-5-7(14)3-13)18-10(19)12(11,15)6-17/h7H,3,5H2,1-2H3,(H,18,19). The van der Waals surface area contributed by atoms with Crippen LogP contribution < -0.4 is 5.32 Å². The molecule has 0 spiro atoms. The molecule has 0 aromatic rings. The molecule has 0 saturated carbocycles. The fourth-order valence-electron chi connectivity index (χ4n) is 1.70. The zero-order valence-electron chi connectivity index (χ0n) is 10.8. The van der Waals surface area contributed by atoms with Gasteiger partial charge in [0.1, 0.15) is 0 Å². The number of nitrogens with one attached hydrogen (secondary N) is 1. The Morgan fingerprint density at radius 2 is 2.05 bits per heavy atom. The summed E-state index contributed by atoms with van der Waals surface area (Å²) in [5.74, 6) is 0.265. The Morgan fingerprint density at radius 1 is 1.45 bits per heavy atom. The third-order valence-corrected chi connectivity index (χ3v) is 8.51. The Bertz CT molecular complexity index is 535. The molecule has 4 nitrogen and oxygen atoms in total. The highest BCUT2D eigenvalue weighted by Crippen LogP contribution is 2.49. The summed E-state index contributed by atoms with van der Waals surface area (Å²) in [6.07, 6.45) is 0. The minimum Gasteiger partial charge on any atom is -0.318 e. The van der Waals surface area contributed by atoms with Crippen molar-refractivity contribution in [2.75, 3.05) is 11.1 Å². The number of nitrogens with zero attached hydrogens (tertiary/aromatic N) is 2. The maximum atomic E-state index is 12.2. The molecule has 20 heavy (non-hydrogen) atoms. The van der Waals surface area contributed by atoms with Gasteiger partial charge in [0.2, 0.25) is 0 Å². The minimum atomic E-state index is -1.43. The van der Waals surface area contributed by atoms with E-state index in [0.717, 1.165) is 5.33 Å². The Kier molecular flexibility index (Phi) is 6.15. The average Bonchev–Trinajstić information content (AvgIpc) is 2.41. The van der Waals surface area contributed by atoms with Crippen LogP contribution in [0.2, 0.25) is 0 Å². The van der Waals surface area contributed by atoms with Crippen LogP contribution in [0.15, 0.2) is 10.6 Å². The number of amides is 1. The largest absolute Gasteiger partial charge is 0.318 e. The van der Waals surface area contributed by atoms with Crippen molar-refractivity contribution in [3.8, 4) is 12.1 Å². The molecule has 0 aromatic carbocycles. The highest BCUT2D eigenvalue weighted by atomic mass is 79.9. The first kappa shape index (κ1) is 18.0. The normalized spacial score (nSPS) is 26.4. The molecule has 0 aromatic heterocycles. The topological polar surface area (TPSA) is 76.7 Å². The quantitative estimate of drug-likeness (QED) is 0.619. The van der Waals surface area contributed by atoms with Gasteiger partial charge >= 0.3 is 0 Å². The number of allylic oxidation sites excluding steroid dienone is 1. The molecule has 1 aliphatic rings. The van der Waals surface area contributed by atoms with Gasteiger partial charge in [0.15, 0.2) is 4.32 Å². The van der Waals surface area contributed by atoms with E-state index in [9.17, 15) is 15.3 Å². The zero-order chi connectivity index (χ0) is 15.6. The number of thioether (sulfide) groups is 1. The lowest BCUT2D eigenvalue weighted by Gasteiger charge is -2.40. The summed E-state index contributed by atoms with van der Waals surface area (Å²) in [7, 11) is 0. The fraction of sp³-hybridized carbons (Fsp3) is 0.583. The van der Waals surface area contributed by atoms with Crippen LogP contribution in [-0.2, 0) is 4.79 Å². The molecule has 2 unspecified atom stereocenters. The first-order chi connectivity index (χ1) is 9.24. The van der Waals surface area contributed by atoms with E-state index in [1.54, 1.807) is 13.8 Å². The molecule has 2 atom stereocenters. The van der Waals surface area contributed by atoms with E-state index >= 15 is 0 Å². The molecular weight excluding hydrogens is 474 g/mol. The van der Waals surface area contributed by atoms with Crippen LogP contribution in [0.3, 0.4) is 0 Å². The monoisotopic (exact) mass is 483 g/mol. The van der Waals surface area contributed by atoms with E-state index in [4.69, 9.17) is 0 Å². The molecule has 1 N–H and O–H groups in total. The summed E-state index contributed by atoms with van der Waals surface area (Å²) in [5.41, 5.74) is -0.494. The van der Waals surface area contributed by atoms with Gasteiger partial charge in [-0.1, -0.05) is 61.6 Å². The summed E-state index contributed by atoms with van der Waals surface area (Å²) >= 11 is 11.4. The van der Waals surface area contributed by atoms with E-state index in [1.165, 1.54) is 11.8 Å². The Hall–Kier alpha value is -0.0200. The van der Waals surface area contributed by atoms with Gasteiger partial charge in [-0.2, -0.15) is 10.5 Å². The maximum absolute atomic E-state index is 12.2. The SMILES string of the molecule is CC1(C)C(C#N)=C(SCC(Br)CBr)NC(=O)C1(Br)C#N. The number of halogens is 3. The zero-order valence-corrected chi connectivity index (χ0v) is 16.4. The summed E-state index contributed by atoms with van der Waals surface area (Å²) in [5, 5.41) is 22.7. The molecule has 1 rings (SSSR count). The van der Waals surface area contributed by atoms with E-state index in [2.05, 4.69) is 59.2 Å². The van der Waals surface area contributed by atoms with E-state index < -0.39 is 15.6 Å². The van der Waals surface area contributed by atoms with Crippen LogP contribution in [-0.4, -0.2) is 26.1 Å². The molecule has 0 fully saturated rings. The van der Waals surface area contributed by atoms with Crippen molar-refractivity contribution in [1.29, 1.82) is 10.5 Å². The predicted molar refractivity (Wildman–Crippen MR) is 90.8 cm³/mol. The molecule has 8 heteroatoms. The first-order valence-corrected chi connectivity index (χ1v) is 9.45. The summed E-state index contributed by atoms with van der Waals surface area (Å²) in [6.45, 7) is 3.44. The second kappa shape index (κ2) is 6.83. The van der Waals surface area contributed by atoms with Crippen molar-refractivity contribution in [3.05, 3.63) is 10.6 Å². The third-order valence-electron chi connectivity index (χ3n) is 3.10. The van der Waals surface area contributed by atoms with Gasteiger partial charge in [0, 0.05) is 21.3 Å². The highest BCUT2D eigenvalue weighted by molar-refractivity contribution is 9.12. The molecular formula is C12H12Br3N3OS. The second-order valence-electron chi connectivity index (χ2n) is 4.73. The van der Waals surface area contributed by atoms with Crippen LogP contribution in [0, 0.1) is 28.1 Å². The third kappa shape index (κ3) is 3.09. The lowest BCUT2D eigenvalue weighted by atomic mass is 9.72. The van der Waals surface area contributed by atoms with Crippen LogP contribution in [0.4, 0.5) is 0 Å². The first-order valence-electron chi connectivity index (χ1n) is 5.64. The van der Waals surface area contributed by atoms with Crippen molar-refractivity contribution in [2.45, 2.75) is 23.0 Å². The van der Waals surface area contributed by atoms with Crippen LogP contribution in [0.1, 0.15) is 13.8 Å². The molecule has 0 radical (unpaired) electrons. The Balaban J connectivity index is 3.21. The fourth-order valence-corrected chi connectivity index (χ4v) is 4.00. The van der Waals surface area contributed by atoms with Gasteiger partial charge in [0.25, 0.3) is 5.91 Å².